The van der Waals surface area contributed by atoms with Crippen LogP contribution in [-0.4, -0.2) is 47.4 Å². The minimum atomic E-state index is -1.20. The van der Waals surface area contributed by atoms with Crippen molar-refractivity contribution in [3.63, 3.8) is 0 Å². The first-order valence-electron chi connectivity index (χ1n) is 7.19. The van der Waals surface area contributed by atoms with Crippen LogP contribution in [-0.2, 0) is 14.3 Å². The fraction of sp³-hybridized carbons (Fsp3) is 0.571. The van der Waals surface area contributed by atoms with Crippen LogP contribution in [0.2, 0.25) is 0 Å². The molecule has 1 amide bonds. The van der Waals surface area contributed by atoms with Gasteiger partial charge in [0, 0.05) is 19.1 Å². The molecule has 22 heavy (non-hydrogen) atoms. The third kappa shape index (κ3) is 3.70. The molecule has 1 aromatic heterocycles. The van der Waals surface area contributed by atoms with E-state index in [1.165, 1.54) is 6.20 Å². The molecule has 8 nitrogen and oxygen atoms in total. The number of hydrogen-bond donors (Lipinski definition) is 2. The van der Waals surface area contributed by atoms with Gasteiger partial charge in [-0.1, -0.05) is 13.3 Å². The van der Waals surface area contributed by atoms with E-state index in [-0.39, 0.29) is 12.2 Å². The van der Waals surface area contributed by atoms with Crippen LogP contribution in [0.25, 0.3) is 0 Å². The van der Waals surface area contributed by atoms with Crippen molar-refractivity contribution in [2.75, 3.05) is 19.8 Å². The van der Waals surface area contributed by atoms with Crippen LogP contribution in [0.3, 0.4) is 0 Å². The second-order valence-electron chi connectivity index (χ2n) is 5.16. The number of carbonyl (C=O) groups excluding carboxylic acids is 2. The van der Waals surface area contributed by atoms with Crippen molar-refractivity contribution in [2.24, 2.45) is 0 Å². The molecule has 1 aliphatic heterocycles. The van der Waals surface area contributed by atoms with Crippen molar-refractivity contribution in [1.29, 1.82) is 0 Å². The Morgan fingerprint density at radius 1 is 1.55 bits per heavy atom. The summed E-state index contributed by atoms with van der Waals surface area (Å²) in [4.78, 5) is 35.7. The van der Waals surface area contributed by atoms with Crippen LogP contribution >= 0.6 is 0 Å². The number of ether oxygens (including phenoxy) is 2. The zero-order chi connectivity index (χ0) is 16.0. The molecular weight excluding hydrogens is 290 g/mol. The molecule has 2 rings (SSSR count). The number of esters is 1. The van der Waals surface area contributed by atoms with E-state index in [0.29, 0.717) is 19.6 Å². The Morgan fingerprint density at radius 3 is 3.00 bits per heavy atom. The lowest BCUT2D eigenvalue weighted by Crippen LogP contribution is -2.56. The largest absolute Gasteiger partial charge is 0.464 e. The van der Waals surface area contributed by atoms with Gasteiger partial charge in [0.2, 0.25) is 0 Å². The number of unbranched alkanes of at least 4 members (excludes halogenated alkanes) is 1. The third-order valence-electron chi connectivity index (χ3n) is 3.42. The fourth-order valence-electron chi connectivity index (χ4n) is 2.11. The van der Waals surface area contributed by atoms with E-state index in [1.54, 1.807) is 0 Å². The molecule has 1 aliphatic rings. The molecule has 0 radical (unpaired) electrons. The van der Waals surface area contributed by atoms with Gasteiger partial charge in [0.15, 0.2) is 5.54 Å². The van der Waals surface area contributed by atoms with Crippen molar-refractivity contribution in [1.82, 2.24) is 15.5 Å². The normalized spacial score (nSPS) is 20.6. The molecule has 0 bridgehead atoms. The highest BCUT2D eigenvalue weighted by Gasteiger charge is 2.45. The van der Waals surface area contributed by atoms with Gasteiger partial charge in [0.1, 0.15) is 0 Å². The highest BCUT2D eigenvalue weighted by Crippen LogP contribution is 2.21. The van der Waals surface area contributed by atoms with E-state index >= 15 is 0 Å². The second-order valence-corrected chi connectivity index (χ2v) is 5.16. The van der Waals surface area contributed by atoms with Gasteiger partial charge in [0.05, 0.1) is 25.0 Å². The molecule has 8 heteroatoms. The Labute approximate surface area is 127 Å². The average Bonchev–Trinajstić information content (AvgIpc) is 2.97. The van der Waals surface area contributed by atoms with E-state index in [1.807, 2.05) is 6.92 Å². The molecule has 1 atom stereocenters. The molecule has 1 saturated heterocycles. The number of carbonyl (C=O) groups is 2. The van der Waals surface area contributed by atoms with Gasteiger partial charge in [0.25, 0.3) is 11.5 Å². The maximum Gasteiger partial charge on any atom is 0.334 e. The summed E-state index contributed by atoms with van der Waals surface area (Å²) in [5.41, 5.74) is -1.61. The Hall–Kier alpha value is -2.22. The van der Waals surface area contributed by atoms with E-state index in [0.717, 1.165) is 18.9 Å². The summed E-state index contributed by atoms with van der Waals surface area (Å²) in [6, 6.07) is 1.12. The van der Waals surface area contributed by atoms with Gasteiger partial charge >= 0.3 is 5.97 Å². The third-order valence-corrected chi connectivity index (χ3v) is 3.42. The topological polar surface area (TPSA) is 110 Å². The highest BCUT2D eigenvalue weighted by molar-refractivity contribution is 5.98. The molecule has 2 heterocycles. The van der Waals surface area contributed by atoms with Crippen LogP contribution in [0.15, 0.2) is 17.1 Å². The molecule has 0 spiro atoms. The van der Waals surface area contributed by atoms with Gasteiger partial charge in [-0.25, -0.2) is 9.89 Å². The van der Waals surface area contributed by atoms with Crippen molar-refractivity contribution >= 4 is 11.9 Å². The standard InChI is InChI=1S/C14H19N3O5/c1-2-3-5-22-13(20)14(4-6-21-9-14)16-12(19)10-7-11(18)17-15-8-10/h7-8H,2-6,9H2,1H3,(H,16,19)(H,17,18)/t14-/m0/s1. The first kappa shape index (κ1) is 16.2. The molecule has 1 aromatic rings. The van der Waals surface area contributed by atoms with Crippen LogP contribution in [0, 0.1) is 0 Å². The predicted octanol–water partition coefficient (Wildman–Crippen LogP) is 0.00210. The van der Waals surface area contributed by atoms with E-state index in [9.17, 15) is 14.4 Å². The van der Waals surface area contributed by atoms with Gasteiger partial charge in [-0.2, -0.15) is 5.10 Å². The second kappa shape index (κ2) is 7.17. The highest BCUT2D eigenvalue weighted by atomic mass is 16.5. The van der Waals surface area contributed by atoms with Crippen molar-refractivity contribution in [3.8, 4) is 0 Å². The summed E-state index contributed by atoms with van der Waals surface area (Å²) in [7, 11) is 0. The van der Waals surface area contributed by atoms with Crippen LogP contribution in [0.1, 0.15) is 36.5 Å². The van der Waals surface area contributed by atoms with Crippen molar-refractivity contribution < 1.29 is 19.1 Å². The molecule has 0 saturated carbocycles. The van der Waals surface area contributed by atoms with Crippen molar-refractivity contribution in [2.45, 2.75) is 31.7 Å². The summed E-state index contributed by atoms with van der Waals surface area (Å²) >= 11 is 0. The summed E-state index contributed by atoms with van der Waals surface area (Å²) < 4.78 is 10.5. The molecule has 1 fully saturated rings. The van der Waals surface area contributed by atoms with Crippen LogP contribution in [0.5, 0.6) is 0 Å². The zero-order valence-corrected chi connectivity index (χ0v) is 12.4. The van der Waals surface area contributed by atoms with E-state index in [4.69, 9.17) is 9.47 Å². The average molecular weight is 309 g/mol. The Bertz CT molecular complexity index is 592. The smallest absolute Gasteiger partial charge is 0.334 e. The van der Waals surface area contributed by atoms with Crippen LogP contribution < -0.4 is 10.9 Å². The number of amides is 1. The number of H-pyrrole nitrogens is 1. The number of aromatic amines is 1. The minimum absolute atomic E-state index is 0.0559. The minimum Gasteiger partial charge on any atom is -0.464 e. The maximum absolute atomic E-state index is 12.3. The zero-order valence-electron chi connectivity index (χ0n) is 12.4. The summed E-state index contributed by atoms with van der Waals surface area (Å²) in [6.07, 6.45) is 3.22. The van der Waals surface area contributed by atoms with Crippen molar-refractivity contribution in [3.05, 3.63) is 28.2 Å². The number of aromatic nitrogens is 2. The van der Waals surface area contributed by atoms with E-state index in [2.05, 4.69) is 15.5 Å². The summed E-state index contributed by atoms with van der Waals surface area (Å²) in [5.74, 6) is -1.07. The first-order valence-corrected chi connectivity index (χ1v) is 7.19. The molecule has 2 N–H and O–H groups in total. The SMILES string of the molecule is CCCCOC(=O)[C@]1(NC(=O)c2cn[nH]c(=O)c2)CCOC1. The molecule has 0 aliphatic carbocycles. The molecular formula is C14H19N3O5. The Balaban J connectivity index is 2.09. The van der Waals surface area contributed by atoms with Gasteiger partial charge in [-0.15, -0.1) is 0 Å². The lowest BCUT2D eigenvalue weighted by atomic mass is 9.98. The van der Waals surface area contributed by atoms with Gasteiger partial charge in [-0.05, 0) is 6.42 Å². The number of nitrogens with one attached hydrogen (secondary N) is 2. The fourth-order valence-corrected chi connectivity index (χ4v) is 2.11. The van der Waals surface area contributed by atoms with Gasteiger partial charge in [-0.3, -0.25) is 9.59 Å². The summed E-state index contributed by atoms with van der Waals surface area (Å²) in [6.45, 7) is 2.71. The van der Waals surface area contributed by atoms with Crippen LogP contribution in [0.4, 0.5) is 0 Å². The first-order chi connectivity index (χ1) is 10.6. The Kier molecular flexibility index (Phi) is 5.26. The monoisotopic (exact) mass is 309 g/mol. The lowest BCUT2D eigenvalue weighted by molar-refractivity contribution is -0.151. The predicted molar refractivity (Wildman–Crippen MR) is 76.4 cm³/mol. The molecule has 0 unspecified atom stereocenters. The quantitative estimate of drug-likeness (QED) is 0.565. The number of rotatable bonds is 6. The Morgan fingerprint density at radius 2 is 2.36 bits per heavy atom. The number of nitrogens with zero attached hydrogens (tertiary/aromatic N) is 1. The maximum atomic E-state index is 12.3. The lowest BCUT2D eigenvalue weighted by Gasteiger charge is -2.26. The molecule has 120 valence electrons. The van der Waals surface area contributed by atoms with E-state index < -0.39 is 23.0 Å². The van der Waals surface area contributed by atoms with Gasteiger partial charge < -0.3 is 14.8 Å². The number of hydrogen-bond acceptors (Lipinski definition) is 6. The summed E-state index contributed by atoms with van der Waals surface area (Å²) in [5, 5.41) is 8.38. The molecule has 0 aromatic carbocycles.